The summed E-state index contributed by atoms with van der Waals surface area (Å²) >= 11 is 0. The third kappa shape index (κ3) is 4.60. The summed E-state index contributed by atoms with van der Waals surface area (Å²) in [7, 11) is 0. The molecule has 0 bridgehead atoms. The molecule has 12 nitrogen and oxygen atoms in total. The maximum atomic E-state index is 15.0. The number of aryl methyl sites for hydroxylation is 1. The van der Waals surface area contributed by atoms with Crippen molar-refractivity contribution in [2.75, 3.05) is 31.1 Å². The predicted molar refractivity (Wildman–Crippen MR) is 119 cm³/mol. The molecule has 3 heterocycles. The number of rotatable bonds is 5. The molecule has 0 aliphatic carbocycles. The number of piperazine rings is 1. The number of nitrogens with zero attached hydrogens (tertiary/aromatic N) is 2. The van der Waals surface area contributed by atoms with E-state index in [4.69, 9.17) is 14.6 Å². The minimum absolute atomic E-state index is 0.0679. The Morgan fingerprint density at radius 3 is 2.49 bits per heavy atom. The number of aliphatic hydroxyl groups excluding tert-OH is 3. The molecule has 1 aromatic heterocycles. The van der Waals surface area contributed by atoms with Crippen molar-refractivity contribution in [3.05, 3.63) is 39.9 Å². The van der Waals surface area contributed by atoms with Gasteiger partial charge in [-0.2, -0.15) is 0 Å². The molecule has 2 saturated heterocycles. The normalized spacial score (nSPS) is 27.1. The lowest BCUT2D eigenvalue weighted by Crippen LogP contribution is -2.60. The summed E-state index contributed by atoms with van der Waals surface area (Å²) < 4.78 is 26.5. The van der Waals surface area contributed by atoms with Gasteiger partial charge in [-0.15, -0.1) is 0 Å². The van der Waals surface area contributed by atoms with Crippen molar-refractivity contribution in [3.8, 4) is 0 Å². The molecule has 0 spiro atoms. The monoisotopic (exact) mass is 495 g/mol. The summed E-state index contributed by atoms with van der Waals surface area (Å²) in [4.78, 5) is 39.0. The van der Waals surface area contributed by atoms with E-state index in [9.17, 15) is 34.1 Å². The number of hydrogen-bond donors (Lipinski definition) is 5. The van der Waals surface area contributed by atoms with Gasteiger partial charge in [0.15, 0.2) is 6.10 Å². The Morgan fingerprint density at radius 1 is 1.17 bits per heavy atom. The quantitative estimate of drug-likeness (QED) is 0.310. The van der Waals surface area contributed by atoms with Crippen LogP contribution in [-0.2, 0) is 20.8 Å². The van der Waals surface area contributed by atoms with Crippen LogP contribution in [0, 0.1) is 5.82 Å². The molecule has 0 saturated carbocycles. The van der Waals surface area contributed by atoms with Gasteiger partial charge in [0.1, 0.15) is 29.7 Å². The third-order valence-corrected chi connectivity index (χ3v) is 6.20. The lowest BCUT2D eigenvalue weighted by atomic mass is 9.99. The van der Waals surface area contributed by atoms with E-state index in [1.165, 1.54) is 6.20 Å². The Balaban J connectivity index is 1.68. The molecule has 2 aliphatic heterocycles. The number of anilines is 1. The number of pyridine rings is 1. The number of nitrogens with one attached hydrogen (secondary N) is 1. The number of aromatic nitrogens is 1. The van der Waals surface area contributed by atoms with Gasteiger partial charge in [0, 0.05) is 44.3 Å². The van der Waals surface area contributed by atoms with Crippen LogP contribution in [0.5, 0.6) is 0 Å². The van der Waals surface area contributed by atoms with E-state index in [1.807, 2.05) is 4.90 Å². The zero-order valence-corrected chi connectivity index (χ0v) is 18.8. The number of carbonyl (C=O) groups is 2. The highest BCUT2D eigenvalue weighted by Gasteiger charge is 2.48. The average Bonchev–Trinajstić information content (AvgIpc) is 2.84. The fraction of sp³-hybridized carbons (Fsp3) is 0.500. The first kappa shape index (κ1) is 25.0. The molecule has 0 radical (unpaired) electrons. The predicted octanol–water partition coefficient (Wildman–Crippen LogP) is -1.38. The van der Waals surface area contributed by atoms with Crippen molar-refractivity contribution in [1.29, 1.82) is 0 Å². The lowest BCUT2D eigenvalue weighted by Gasteiger charge is -2.37. The number of carboxylic acids is 1. The van der Waals surface area contributed by atoms with Crippen molar-refractivity contribution >= 4 is 28.5 Å². The highest BCUT2D eigenvalue weighted by Crippen LogP contribution is 2.27. The number of aliphatic hydroxyl groups is 3. The molecule has 2 aliphatic rings. The number of esters is 1. The van der Waals surface area contributed by atoms with Crippen LogP contribution in [0.1, 0.15) is 17.3 Å². The Kier molecular flexibility index (Phi) is 7.05. The molecular weight excluding hydrogens is 469 g/mol. The van der Waals surface area contributed by atoms with Gasteiger partial charge < -0.3 is 44.7 Å². The Bertz CT molecular complexity index is 1200. The van der Waals surface area contributed by atoms with Gasteiger partial charge in [-0.1, -0.05) is 0 Å². The van der Waals surface area contributed by atoms with Gasteiger partial charge in [0.2, 0.25) is 11.7 Å². The molecule has 35 heavy (non-hydrogen) atoms. The number of fused-ring (bicyclic) bond motifs is 1. The van der Waals surface area contributed by atoms with Gasteiger partial charge in [-0.3, -0.25) is 4.79 Å². The highest BCUT2D eigenvalue weighted by atomic mass is 19.1. The number of ether oxygens (including phenoxy) is 2. The fourth-order valence-corrected chi connectivity index (χ4v) is 4.27. The van der Waals surface area contributed by atoms with E-state index >= 15 is 0 Å². The molecule has 1 aromatic carbocycles. The number of aliphatic carboxylic acids is 1. The number of hydrogen-bond acceptors (Lipinski definition) is 10. The van der Waals surface area contributed by atoms with Crippen LogP contribution in [0.3, 0.4) is 0 Å². The Morgan fingerprint density at radius 2 is 1.86 bits per heavy atom. The van der Waals surface area contributed by atoms with E-state index in [1.54, 1.807) is 17.6 Å². The number of carboxylic acid groups (broad SMARTS) is 1. The summed E-state index contributed by atoms with van der Waals surface area (Å²) in [5, 5.41) is 42.0. The van der Waals surface area contributed by atoms with Gasteiger partial charge in [-0.25, -0.2) is 14.0 Å². The summed E-state index contributed by atoms with van der Waals surface area (Å²) in [5.74, 6) is -3.56. The Hall–Kier alpha value is -3.10. The van der Waals surface area contributed by atoms with Crippen LogP contribution in [0.4, 0.5) is 10.1 Å². The van der Waals surface area contributed by atoms with Gasteiger partial charge in [0.25, 0.3) is 0 Å². The van der Waals surface area contributed by atoms with E-state index in [0.29, 0.717) is 43.9 Å². The number of carbonyl (C=O) groups excluding carboxylic acids is 1. The summed E-state index contributed by atoms with van der Waals surface area (Å²) in [6.07, 6.45) is -8.65. The van der Waals surface area contributed by atoms with E-state index in [-0.39, 0.29) is 5.39 Å². The van der Waals surface area contributed by atoms with E-state index in [0.717, 1.165) is 6.07 Å². The lowest BCUT2D eigenvalue weighted by molar-refractivity contribution is -0.278. The van der Waals surface area contributed by atoms with E-state index in [2.05, 4.69) is 5.32 Å². The van der Waals surface area contributed by atoms with Crippen LogP contribution < -0.4 is 15.6 Å². The van der Waals surface area contributed by atoms with E-state index < -0.39 is 59.5 Å². The molecule has 13 heteroatoms. The van der Waals surface area contributed by atoms with Crippen LogP contribution in [0.25, 0.3) is 10.9 Å². The molecule has 0 amide bonds. The van der Waals surface area contributed by atoms with Gasteiger partial charge in [-0.05, 0) is 19.1 Å². The maximum Gasteiger partial charge on any atom is 0.346 e. The van der Waals surface area contributed by atoms with Crippen LogP contribution in [-0.4, -0.2) is 93.8 Å². The minimum Gasteiger partial charge on any atom is -0.479 e. The van der Waals surface area contributed by atoms with Crippen LogP contribution in [0.15, 0.2) is 23.1 Å². The second kappa shape index (κ2) is 9.87. The SMILES string of the molecule is CCn1cc(C(=O)OC2OC(C(=O)O)C(O)C(O)C2O)c(=O)c2cc(F)c(N3CCNCC3)cc21. The summed E-state index contributed by atoms with van der Waals surface area (Å²) in [6.45, 7) is 4.63. The smallest absolute Gasteiger partial charge is 0.346 e. The van der Waals surface area contributed by atoms with Crippen LogP contribution in [0.2, 0.25) is 0 Å². The first-order valence-corrected chi connectivity index (χ1v) is 11.1. The highest BCUT2D eigenvalue weighted by molar-refractivity contribution is 5.94. The molecule has 4 rings (SSSR count). The minimum atomic E-state index is -1.98. The van der Waals surface area contributed by atoms with Crippen molar-refractivity contribution in [1.82, 2.24) is 9.88 Å². The second-order valence-corrected chi connectivity index (χ2v) is 8.36. The number of benzene rings is 1. The Labute approximate surface area is 198 Å². The van der Waals surface area contributed by atoms with Gasteiger partial charge in [0.05, 0.1) is 11.2 Å². The van der Waals surface area contributed by atoms with Crippen LogP contribution >= 0.6 is 0 Å². The number of halogens is 1. The molecule has 5 atom stereocenters. The second-order valence-electron chi connectivity index (χ2n) is 8.36. The first-order valence-electron chi connectivity index (χ1n) is 11.1. The zero-order chi connectivity index (χ0) is 25.4. The van der Waals surface area contributed by atoms with Crippen molar-refractivity contribution in [2.24, 2.45) is 0 Å². The molecule has 5 unspecified atom stereocenters. The first-order chi connectivity index (χ1) is 16.6. The molecule has 5 N–H and O–H groups in total. The van der Waals surface area contributed by atoms with Crippen molar-refractivity contribution < 1.29 is 43.9 Å². The molecule has 2 aromatic rings. The largest absolute Gasteiger partial charge is 0.479 e. The zero-order valence-electron chi connectivity index (χ0n) is 18.8. The summed E-state index contributed by atoms with van der Waals surface area (Å²) in [5.41, 5.74) is -0.595. The molecule has 190 valence electrons. The molecular formula is C22H26FN3O9. The van der Waals surface area contributed by atoms with Crippen molar-refractivity contribution in [2.45, 2.75) is 44.2 Å². The topological polar surface area (TPSA) is 171 Å². The fourth-order valence-electron chi connectivity index (χ4n) is 4.27. The third-order valence-electron chi connectivity index (χ3n) is 6.20. The summed E-state index contributed by atoms with van der Waals surface area (Å²) in [6, 6.07) is 2.61. The average molecular weight is 495 g/mol. The van der Waals surface area contributed by atoms with Crippen molar-refractivity contribution in [3.63, 3.8) is 0 Å². The maximum absolute atomic E-state index is 15.0. The standard InChI is InChI=1S/C22H26FN3O9/c1-2-25-9-11(21(33)35-22-18(30)16(28)17(29)19(34-22)20(31)32)15(27)10-7-12(23)14(8-13(10)25)26-5-3-24-4-6-26/h7-9,16-19,22,24,28-30H,2-6H2,1H3,(H,31,32). The van der Waals surface area contributed by atoms with Gasteiger partial charge >= 0.3 is 11.9 Å². The molecule has 2 fully saturated rings.